The normalized spacial score (nSPS) is 18.8. The van der Waals surface area contributed by atoms with Gasteiger partial charge in [-0.25, -0.2) is 0 Å². The van der Waals surface area contributed by atoms with Gasteiger partial charge in [-0.1, -0.05) is 29.3 Å². The van der Waals surface area contributed by atoms with Crippen molar-refractivity contribution in [2.24, 2.45) is 5.92 Å². The molecule has 0 aliphatic carbocycles. The van der Waals surface area contributed by atoms with E-state index in [1.165, 1.54) is 0 Å². The molecule has 0 N–H and O–H groups in total. The van der Waals surface area contributed by atoms with Gasteiger partial charge < -0.3 is 9.80 Å². The van der Waals surface area contributed by atoms with Crippen LogP contribution in [0.25, 0.3) is 0 Å². The molecule has 17 heavy (non-hydrogen) atoms. The monoisotopic (exact) mass is 304 g/mol. The van der Waals surface area contributed by atoms with Crippen molar-refractivity contribution in [1.29, 1.82) is 0 Å². The summed E-state index contributed by atoms with van der Waals surface area (Å²) in [5.41, 5.74) is 0. The Morgan fingerprint density at radius 2 is 1.76 bits per heavy atom. The van der Waals surface area contributed by atoms with Crippen LogP contribution in [-0.4, -0.2) is 53.1 Å². The SMILES string of the molecule is CCCC(CBr)CN1CCN(CC)C(=O)C1=O. The third-order valence-corrected chi connectivity index (χ3v) is 4.09. The molecule has 0 spiro atoms. The van der Waals surface area contributed by atoms with Crippen LogP contribution in [0.3, 0.4) is 0 Å². The Hall–Kier alpha value is -0.580. The summed E-state index contributed by atoms with van der Waals surface area (Å²) in [6.07, 6.45) is 2.19. The van der Waals surface area contributed by atoms with E-state index in [1.54, 1.807) is 9.80 Å². The fourth-order valence-corrected chi connectivity index (χ4v) is 2.66. The Morgan fingerprint density at radius 3 is 2.29 bits per heavy atom. The summed E-state index contributed by atoms with van der Waals surface area (Å²) in [5.74, 6) is -0.228. The van der Waals surface area contributed by atoms with E-state index >= 15 is 0 Å². The predicted octanol–water partition coefficient (Wildman–Crippen LogP) is 1.49. The van der Waals surface area contributed by atoms with Crippen LogP contribution in [0.2, 0.25) is 0 Å². The predicted molar refractivity (Wildman–Crippen MR) is 71.0 cm³/mol. The van der Waals surface area contributed by atoms with Crippen LogP contribution >= 0.6 is 15.9 Å². The summed E-state index contributed by atoms with van der Waals surface area (Å²) in [6.45, 7) is 6.70. The quantitative estimate of drug-likeness (QED) is 0.551. The molecule has 5 heteroatoms. The van der Waals surface area contributed by atoms with E-state index in [0.29, 0.717) is 32.1 Å². The average molecular weight is 305 g/mol. The first-order valence-electron chi connectivity index (χ1n) is 6.28. The molecule has 98 valence electrons. The zero-order valence-electron chi connectivity index (χ0n) is 10.6. The van der Waals surface area contributed by atoms with E-state index in [0.717, 1.165) is 18.2 Å². The van der Waals surface area contributed by atoms with Crippen LogP contribution < -0.4 is 0 Å². The van der Waals surface area contributed by atoms with Crippen LogP contribution in [0.1, 0.15) is 26.7 Å². The Balaban J connectivity index is 2.55. The number of carbonyl (C=O) groups is 2. The third-order valence-electron chi connectivity index (χ3n) is 3.17. The molecule has 0 bridgehead atoms. The highest BCUT2D eigenvalue weighted by Gasteiger charge is 2.32. The first kappa shape index (κ1) is 14.5. The van der Waals surface area contributed by atoms with Crippen LogP contribution in [0, 0.1) is 5.92 Å². The number of hydrogen-bond acceptors (Lipinski definition) is 2. The molecule has 1 aliphatic rings. The molecule has 4 nitrogen and oxygen atoms in total. The van der Waals surface area contributed by atoms with E-state index in [1.807, 2.05) is 6.92 Å². The van der Waals surface area contributed by atoms with Gasteiger partial charge in [0.1, 0.15) is 0 Å². The first-order chi connectivity index (χ1) is 8.13. The highest BCUT2D eigenvalue weighted by atomic mass is 79.9. The zero-order valence-corrected chi connectivity index (χ0v) is 12.2. The van der Waals surface area contributed by atoms with Gasteiger partial charge in [0.15, 0.2) is 0 Å². The summed E-state index contributed by atoms with van der Waals surface area (Å²) in [5, 5.41) is 0.885. The molecule has 1 rings (SSSR count). The molecule has 0 aromatic heterocycles. The van der Waals surface area contributed by atoms with Gasteiger partial charge in [0.2, 0.25) is 0 Å². The van der Waals surface area contributed by atoms with Gasteiger partial charge >= 0.3 is 11.8 Å². The van der Waals surface area contributed by atoms with Crippen molar-refractivity contribution in [3.05, 3.63) is 0 Å². The van der Waals surface area contributed by atoms with Crippen LogP contribution in [0.5, 0.6) is 0 Å². The molecule has 1 heterocycles. The number of hydrogen-bond donors (Lipinski definition) is 0. The summed E-state index contributed by atoms with van der Waals surface area (Å²) in [7, 11) is 0. The van der Waals surface area contributed by atoms with Gasteiger partial charge in [-0.15, -0.1) is 0 Å². The number of nitrogens with zero attached hydrogens (tertiary/aromatic N) is 2. The smallest absolute Gasteiger partial charge is 0.312 e. The number of halogens is 1. The zero-order chi connectivity index (χ0) is 12.8. The Bertz CT molecular complexity index is 284. The molecule has 1 aliphatic heterocycles. The number of likely N-dealkylation sites (N-methyl/N-ethyl adjacent to an activating group) is 1. The number of amides is 2. The van der Waals surface area contributed by atoms with Crippen molar-refractivity contribution in [2.45, 2.75) is 26.7 Å². The summed E-state index contributed by atoms with van der Waals surface area (Å²) in [6, 6.07) is 0. The van der Waals surface area contributed by atoms with Gasteiger partial charge in [0.05, 0.1) is 0 Å². The van der Waals surface area contributed by atoms with E-state index in [9.17, 15) is 9.59 Å². The van der Waals surface area contributed by atoms with Gasteiger partial charge in [-0.2, -0.15) is 0 Å². The molecule has 1 saturated heterocycles. The molecule has 1 fully saturated rings. The Morgan fingerprint density at radius 1 is 1.18 bits per heavy atom. The highest BCUT2D eigenvalue weighted by molar-refractivity contribution is 9.09. The lowest BCUT2D eigenvalue weighted by Crippen LogP contribution is -2.55. The molecule has 0 radical (unpaired) electrons. The van der Waals surface area contributed by atoms with Crippen molar-refractivity contribution in [2.75, 3.05) is 31.5 Å². The van der Waals surface area contributed by atoms with E-state index < -0.39 is 0 Å². The lowest BCUT2D eigenvalue weighted by molar-refractivity contribution is -0.156. The van der Waals surface area contributed by atoms with Gasteiger partial charge in [-0.3, -0.25) is 9.59 Å². The van der Waals surface area contributed by atoms with Crippen LogP contribution in [0.4, 0.5) is 0 Å². The number of alkyl halides is 1. The van der Waals surface area contributed by atoms with E-state index in [-0.39, 0.29) is 11.8 Å². The van der Waals surface area contributed by atoms with Crippen LogP contribution in [0.15, 0.2) is 0 Å². The lowest BCUT2D eigenvalue weighted by Gasteiger charge is -2.34. The number of carbonyl (C=O) groups excluding carboxylic acids is 2. The minimum Gasteiger partial charge on any atom is -0.333 e. The summed E-state index contributed by atoms with van der Waals surface area (Å²) in [4.78, 5) is 26.9. The van der Waals surface area contributed by atoms with Gasteiger partial charge in [-0.05, 0) is 19.3 Å². The average Bonchev–Trinajstić information content (AvgIpc) is 2.34. The molecular weight excluding hydrogens is 284 g/mol. The molecule has 0 aromatic carbocycles. The fourth-order valence-electron chi connectivity index (χ4n) is 2.13. The van der Waals surface area contributed by atoms with Crippen molar-refractivity contribution in [3.8, 4) is 0 Å². The molecule has 2 amide bonds. The third kappa shape index (κ3) is 3.69. The van der Waals surface area contributed by atoms with Gasteiger partial charge in [0.25, 0.3) is 0 Å². The number of rotatable bonds is 6. The van der Waals surface area contributed by atoms with Crippen molar-refractivity contribution >= 4 is 27.7 Å². The van der Waals surface area contributed by atoms with Crippen LogP contribution in [-0.2, 0) is 9.59 Å². The second-order valence-corrected chi connectivity index (χ2v) is 5.09. The molecule has 1 atom stereocenters. The fraction of sp³-hybridized carbons (Fsp3) is 0.833. The van der Waals surface area contributed by atoms with Crippen molar-refractivity contribution in [3.63, 3.8) is 0 Å². The van der Waals surface area contributed by atoms with Gasteiger partial charge in [0, 0.05) is 31.5 Å². The second-order valence-electron chi connectivity index (χ2n) is 4.44. The minimum atomic E-state index is -0.344. The molecule has 1 unspecified atom stereocenters. The van der Waals surface area contributed by atoms with E-state index in [2.05, 4.69) is 22.9 Å². The van der Waals surface area contributed by atoms with E-state index in [4.69, 9.17) is 0 Å². The number of piperazine rings is 1. The summed E-state index contributed by atoms with van der Waals surface area (Å²) >= 11 is 3.47. The summed E-state index contributed by atoms with van der Waals surface area (Å²) < 4.78 is 0. The molecular formula is C12H21BrN2O2. The molecule has 0 aromatic rings. The minimum absolute atomic E-state index is 0.333. The topological polar surface area (TPSA) is 40.6 Å². The maximum atomic E-state index is 11.9. The highest BCUT2D eigenvalue weighted by Crippen LogP contribution is 2.14. The Kier molecular flexibility index (Phi) is 5.95. The van der Waals surface area contributed by atoms with Crippen molar-refractivity contribution < 1.29 is 9.59 Å². The first-order valence-corrected chi connectivity index (χ1v) is 7.40. The maximum absolute atomic E-state index is 11.9. The maximum Gasteiger partial charge on any atom is 0.312 e. The second kappa shape index (κ2) is 6.99. The molecule has 0 saturated carbocycles. The van der Waals surface area contributed by atoms with Crippen molar-refractivity contribution in [1.82, 2.24) is 9.80 Å². The largest absolute Gasteiger partial charge is 0.333 e. The standard InChI is InChI=1S/C12H21BrN2O2/c1-3-5-10(8-13)9-15-7-6-14(4-2)11(16)12(15)17/h10H,3-9H2,1-2H3. The lowest BCUT2D eigenvalue weighted by atomic mass is 10.1. The Labute approximate surface area is 111 Å².